The van der Waals surface area contributed by atoms with Gasteiger partial charge in [-0.1, -0.05) is 6.07 Å². The van der Waals surface area contributed by atoms with Gasteiger partial charge in [0.05, 0.1) is 0 Å². The van der Waals surface area contributed by atoms with Crippen molar-refractivity contribution < 1.29 is 23.3 Å². The summed E-state index contributed by atoms with van der Waals surface area (Å²) in [4.78, 5) is 0. The van der Waals surface area contributed by atoms with E-state index in [0.29, 0.717) is 0 Å². The largest absolute Gasteiger partial charge is 0.434 e. The topological polar surface area (TPSA) is 34.8 Å². The Kier molecular flexibility index (Phi) is 3.11. The summed E-state index contributed by atoms with van der Waals surface area (Å²) in [5.74, 6) is -0.928. The van der Waals surface area contributed by atoms with Gasteiger partial charge in [0.1, 0.15) is 17.1 Å². The number of hydrogen-bond donors (Lipinski definition) is 1. The van der Waals surface area contributed by atoms with E-state index in [-0.39, 0.29) is 17.0 Å². The van der Waals surface area contributed by atoms with Crippen LogP contribution in [0.2, 0.25) is 0 Å². The van der Waals surface area contributed by atoms with Gasteiger partial charge in [-0.15, -0.1) is 0 Å². The van der Waals surface area contributed by atoms with Crippen molar-refractivity contribution in [3.05, 3.63) is 29.6 Å². The lowest BCUT2D eigenvalue weighted by Crippen LogP contribution is -2.39. The predicted octanol–water partition coefficient (Wildman–Crippen LogP) is 0.995. The molecule has 0 aliphatic heterocycles. The highest BCUT2D eigenvalue weighted by atomic mass is 19.3. The first kappa shape index (κ1) is 10.6. The van der Waals surface area contributed by atoms with Gasteiger partial charge in [0.15, 0.2) is 5.71 Å². The molecule has 0 bridgehead atoms. The summed E-state index contributed by atoms with van der Waals surface area (Å²) in [6, 6.07) is 3.64. The molecule has 0 aromatic heterocycles. The van der Waals surface area contributed by atoms with Gasteiger partial charge in [-0.2, -0.15) is 8.78 Å². The monoisotopic (exact) mass is 204 g/mol. The molecule has 0 aliphatic rings. The Hall–Kier alpha value is -1.52. The van der Waals surface area contributed by atoms with Crippen LogP contribution < -0.4 is 10.1 Å². The van der Waals surface area contributed by atoms with E-state index in [4.69, 9.17) is 5.41 Å². The lowest BCUT2D eigenvalue weighted by molar-refractivity contribution is -0.113. The predicted molar refractivity (Wildman–Crippen MR) is 44.7 cm³/mol. The van der Waals surface area contributed by atoms with E-state index in [1.54, 1.807) is 0 Å². The maximum Gasteiger partial charge on any atom is 0.387 e. The molecule has 0 heterocycles. The molecule has 5 heteroatoms. The molecule has 0 unspecified atom stereocenters. The number of benzene rings is 1. The van der Waals surface area contributed by atoms with E-state index in [0.717, 1.165) is 6.07 Å². The first-order valence-electron chi connectivity index (χ1n) is 3.85. The Morgan fingerprint density at radius 1 is 1.43 bits per heavy atom. The van der Waals surface area contributed by atoms with Crippen LogP contribution in [0.25, 0.3) is 0 Å². The van der Waals surface area contributed by atoms with Crippen molar-refractivity contribution in [1.82, 2.24) is 0 Å². The SMILES string of the molecule is CC(=[NH2+])c1c(F)cccc1OC(F)F. The number of hydrogen-bond acceptors (Lipinski definition) is 1. The molecule has 1 aromatic rings. The van der Waals surface area contributed by atoms with Crippen molar-refractivity contribution in [1.29, 1.82) is 0 Å². The lowest BCUT2D eigenvalue weighted by atomic mass is 10.1. The summed E-state index contributed by atoms with van der Waals surface area (Å²) in [6.45, 7) is -1.58. The number of rotatable bonds is 3. The zero-order chi connectivity index (χ0) is 10.7. The van der Waals surface area contributed by atoms with Gasteiger partial charge in [-0.25, -0.2) is 4.39 Å². The Morgan fingerprint density at radius 3 is 2.57 bits per heavy atom. The molecule has 0 saturated heterocycles. The minimum absolute atomic E-state index is 0.0961. The highest BCUT2D eigenvalue weighted by Gasteiger charge is 2.17. The van der Waals surface area contributed by atoms with Crippen LogP contribution in [0.3, 0.4) is 0 Å². The van der Waals surface area contributed by atoms with E-state index in [1.165, 1.54) is 19.1 Å². The average Bonchev–Trinajstić information content (AvgIpc) is 2.01. The van der Waals surface area contributed by atoms with E-state index in [1.807, 2.05) is 0 Å². The molecular formula is C9H9F3NO+. The van der Waals surface area contributed by atoms with E-state index in [2.05, 4.69) is 4.74 Å². The normalized spacial score (nSPS) is 10.4. The lowest BCUT2D eigenvalue weighted by Gasteiger charge is -2.07. The molecule has 2 N–H and O–H groups in total. The van der Waals surface area contributed by atoms with E-state index < -0.39 is 12.4 Å². The third-order valence-corrected chi connectivity index (χ3v) is 1.59. The van der Waals surface area contributed by atoms with Crippen molar-refractivity contribution in [3.8, 4) is 5.75 Å². The zero-order valence-electron chi connectivity index (χ0n) is 7.43. The Balaban J connectivity index is 3.14. The summed E-state index contributed by atoms with van der Waals surface area (Å²) >= 11 is 0. The van der Waals surface area contributed by atoms with Gasteiger partial charge in [0.2, 0.25) is 0 Å². The molecule has 1 aromatic carbocycles. The summed E-state index contributed by atoms with van der Waals surface area (Å²) in [5, 5.41) is 5.34. The zero-order valence-corrected chi connectivity index (χ0v) is 7.43. The molecule has 0 spiro atoms. The second kappa shape index (κ2) is 4.13. The molecule has 76 valence electrons. The number of halogens is 3. The second-order valence-corrected chi connectivity index (χ2v) is 2.67. The Morgan fingerprint density at radius 2 is 2.07 bits per heavy atom. The van der Waals surface area contributed by atoms with Crippen molar-refractivity contribution >= 4 is 5.71 Å². The van der Waals surface area contributed by atoms with Crippen LogP contribution in [0, 0.1) is 5.82 Å². The summed E-state index contributed by atoms with van der Waals surface area (Å²) in [5.41, 5.74) is -0.0217. The van der Waals surface area contributed by atoms with Gasteiger partial charge >= 0.3 is 6.61 Å². The fourth-order valence-corrected chi connectivity index (χ4v) is 1.08. The van der Waals surface area contributed by atoms with Crippen LogP contribution in [0.1, 0.15) is 12.5 Å². The smallest absolute Gasteiger partial charge is 0.387 e. The van der Waals surface area contributed by atoms with Gasteiger partial charge < -0.3 is 4.74 Å². The fourth-order valence-electron chi connectivity index (χ4n) is 1.08. The minimum Gasteiger partial charge on any atom is -0.434 e. The first-order chi connectivity index (χ1) is 6.52. The maximum atomic E-state index is 13.1. The fraction of sp³-hybridized carbons (Fsp3) is 0.222. The van der Waals surface area contributed by atoms with E-state index in [9.17, 15) is 13.2 Å². The first-order valence-corrected chi connectivity index (χ1v) is 3.85. The number of alkyl halides is 2. The van der Waals surface area contributed by atoms with E-state index >= 15 is 0 Å². The van der Waals surface area contributed by atoms with Gasteiger partial charge in [0, 0.05) is 6.92 Å². The molecule has 0 atom stereocenters. The van der Waals surface area contributed by atoms with Gasteiger partial charge in [-0.3, -0.25) is 5.41 Å². The average molecular weight is 204 g/mol. The van der Waals surface area contributed by atoms with Crippen molar-refractivity contribution in [2.45, 2.75) is 13.5 Å². The van der Waals surface area contributed by atoms with Crippen molar-refractivity contribution in [2.24, 2.45) is 0 Å². The molecule has 0 aliphatic carbocycles. The standard InChI is InChI=1S/C9H8F3NO/c1-5(13)8-6(10)3-2-4-7(8)14-9(11)12/h2-4,9,13H,1H3/p+1. The second-order valence-electron chi connectivity index (χ2n) is 2.67. The van der Waals surface area contributed by atoms with Crippen LogP contribution in [0.15, 0.2) is 18.2 Å². The van der Waals surface area contributed by atoms with Crippen molar-refractivity contribution in [3.63, 3.8) is 0 Å². The molecule has 0 saturated carbocycles. The summed E-state index contributed by atoms with van der Waals surface area (Å²) < 4.78 is 41.0. The van der Waals surface area contributed by atoms with Crippen LogP contribution in [0.4, 0.5) is 13.2 Å². The molecule has 1 rings (SSSR count). The maximum absolute atomic E-state index is 13.1. The molecular weight excluding hydrogens is 195 g/mol. The van der Waals surface area contributed by atoms with Gasteiger partial charge in [0.25, 0.3) is 0 Å². The minimum atomic E-state index is -2.99. The summed E-state index contributed by atoms with van der Waals surface area (Å²) in [7, 11) is 0. The molecule has 0 radical (unpaired) electrons. The van der Waals surface area contributed by atoms with Crippen LogP contribution in [0.5, 0.6) is 5.75 Å². The third-order valence-electron chi connectivity index (χ3n) is 1.59. The van der Waals surface area contributed by atoms with Crippen LogP contribution in [-0.4, -0.2) is 12.3 Å². The number of nitrogens with two attached hydrogens (primary N) is 1. The molecule has 2 nitrogen and oxygen atoms in total. The van der Waals surface area contributed by atoms with Crippen molar-refractivity contribution in [2.75, 3.05) is 0 Å². The molecule has 0 fully saturated rings. The van der Waals surface area contributed by atoms with Gasteiger partial charge in [-0.05, 0) is 12.1 Å². The molecule has 0 amide bonds. The molecule has 14 heavy (non-hydrogen) atoms. The third kappa shape index (κ3) is 2.25. The highest BCUT2D eigenvalue weighted by Crippen LogP contribution is 2.22. The number of ether oxygens (including phenoxy) is 1. The highest BCUT2D eigenvalue weighted by molar-refractivity contribution is 5.96. The quantitative estimate of drug-likeness (QED) is 0.732. The Labute approximate surface area is 78.8 Å². The van der Waals surface area contributed by atoms with Crippen LogP contribution >= 0.6 is 0 Å². The Bertz CT molecular complexity index is 352. The van der Waals surface area contributed by atoms with Crippen LogP contribution in [-0.2, 0) is 0 Å². The summed E-state index contributed by atoms with van der Waals surface area (Å²) in [6.07, 6.45) is 0.